The van der Waals surface area contributed by atoms with E-state index >= 15 is 0 Å². The molecule has 0 bridgehead atoms. The third kappa shape index (κ3) is 2.81. The molecule has 0 radical (unpaired) electrons. The highest BCUT2D eigenvalue weighted by molar-refractivity contribution is 7.95. The fraction of sp³-hybridized carbons (Fsp3) is 0.250. The van der Waals surface area contributed by atoms with Gasteiger partial charge in [-0.05, 0) is 36.4 Å². The first-order valence-electron chi connectivity index (χ1n) is 6.82. The van der Waals surface area contributed by atoms with Gasteiger partial charge in [-0.2, -0.15) is 0 Å². The maximum Gasteiger partial charge on any atom is 0.205 e. The molecule has 0 unspecified atom stereocenters. The number of thiophene rings is 1. The third-order valence-electron chi connectivity index (χ3n) is 3.72. The van der Waals surface area contributed by atoms with Gasteiger partial charge in [0.05, 0.1) is 15.9 Å². The van der Waals surface area contributed by atoms with Gasteiger partial charge in [0.25, 0.3) is 0 Å². The van der Waals surface area contributed by atoms with Gasteiger partial charge in [0.1, 0.15) is 0 Å². The molecule has 21 heavy (non-hydrogen) atoms. The molecule has 1 aromatic carbocycles. The predicted octanol–water partition coefficient (Wildman–Crippen LogP) is 3.34. The second-order valence-corrected chi connectivity index (χ2v) is 8.03. The lowest BCUT2D eigenvalue weighted by atomic mass is 9.93. The van der Waals surface area contributed by atoms with Crippen LogP contribution in [0.4, 0.5) is 0 Å². The maximum absolute atomic E-state index is 12.7. The Morgan fingerprint density at radius 2 is 1.81 bits per heavy atom. The smallest absolute Gasteiger partial charge is 0.205 e. The number of aliphatic hydroxyl groups is 1. The third-order valence-corrected chi connectivity index (χ3v) is 6.64. The molecule has 2 atom stereocenters. The first kappa shape index (κ1) is 14.5. The van der Waals surface area contributed by atoms with Crippen LogP contribution >= 0.6 is 11.3 Å². The molecule has 1 heterocycles. The van der Waals surface area contributed by atoms with Crippen LogP contribution in [0.25, 0.3) is 0 Å². The second kappa shape index (κ2) is 5.75. The van der Waals surface area contributed by atoms with Gasteiger partial charge >= 0.3 is 0 Å². The average Bonchev–Trinajstić information content (AvgIpc) is 3.03. The molecule has 3 nitrogen and oxygen atoms in total. The highest BCUT2D eigenvalue weighted by Crippen LogP contribution is 2.37. The normalized spacial score (nSPS) is 22.8. The number of benzene rings is 1. The highest BCUT2D eigenvalue weighted by atomic mass is 32.2. The van der Waals surface area contributed by atoms with Crippen LogP contribution in [-0.4, -0.2) is 19.6 Å². The number of hydrogen-bond acceptors (Lipinski definition) is 4. The van der Waals surface area contributed by atoms with Gasteiger partial charge < -0.3 is 5.11 Å². The van der Waals surface area contributed by atoms with Gasteiger partial charge in [0, 0.05) is 10.8 Å². The standard InChI is InChI=1S/C16H16O3S2/c17-14-9-8-12(15-7-4-10-20-15)11-16(14)21(18,19)13-5-2-1-3-6-13/h1-7,10-12,14,17H,8-9H2/t12-,14+/m0/s1. The average molecular weight is 320 g/mol. The summed E-state index contributed by atoms with van der Waals surface area (Å²) in [6.45, 7) is 0. The Kier molecular flexibility index (Phi) is 3.97. The molecular weight excluding hydrogens is 304 g/mol. The number of allylic oxidation sites excluding steroid dienone is 1. The molecule has 0 fully saturated rings. The molecule has 0 saturated heterocycles. The Labute approximate surface area is 128 Å². The van der Waals surface area contributed by atoms with Gasteiger partial charge in [0.15, 0.2) is 0 Å². The lowest BCUT2D eigenvalue weighted by Crippen LogP contribution is -2.23. The van der Waals surface area contributed by atoms with Crippen molar-refractivity contribution in [3.05, 3.63) is 63.7 Å². The van der Waals surface area contributed by atoms with Gasteiger partial charge in [-0.25, -0.2) is 8.42 Å². The summed E-state index contributed by atoms with van der Waals surface area (Å²) in [6.07, 6.45) is 2.06. The zero-order valence-corrected chi connectivity index (χ0v) is 13.0. The second-order valence-electron chi connectivity index (χ2n) is 5.10. The van der Waals surface area contributed by atoms with E-state index < -0.39 is 15.9 Å². The molecule has 1 N–H and O–H groups in total. The Morgan fingerprint density at radius 1 is 1.05 bits per heavy atom. The van der Waals surface area contributed by atoms with Crippen molar-refractivity contribution in [1.29, 1.82) is 0 Å². The van der Waals surface area contributed by atoms with Crippen LogP contribution in [0.5, 0.6) is 0 Å². The highest BCUT2D eigenvalue weighted by Gasteiger charge is 2.32. The van der Waals surface area contributed by atoms with E-state index in [4.69, 9.17) is 0 Å². The lowest BCUT2D eigenvalue weighted by molar-refractivity contribution is 0.196. The van der Waals surface area contributed by atoms with E-state index in [1.54, 1.807) is 47.7 Å². The van der Waals surface area contributed by atoms with Crippen molar-refractivity contribution in [1.82, 2.24) is 0 Å². The first-order valence-corrected chi connectivity index (χ1v) is 9.18. The SMILES string of the molecule is O=S(=O)(C1=C[C@@H](c2cccs2)CC[C@H]1O)c1ccccc1. The van der Waals surface area contributed by atoms with Crippen LogP contribution < -0.4 is 0 Å². The van der Waals surface area contributed by atoms with E-state index in [0.717, 1.165) is 11.3 Å². The fourth-order valence-electron chi connectivity index (χ4n) is 2.60. The fourth-order valence-corrected chi connectivity index (χ4v) is 5.04. The molecule has 1 aliphatic rings. The minimum atomic E-state index is -3.62. The molecule has 0 aliphatic heterocycles. The molecular formula is C16H16O3S2. The number of aliphatic hydroxyl groups excluding tert-OH is 1. The summed E-state index contributed by atoms with van der Waals surface area (Å²) in [4.78, 5) is 1.52. The van der Waals surface area contributed by atoms with Crippen molar-refractivity contribution < 1.29 is 13.5 Å². The molecule has 0 amide bonds. The zero-order chi connectivity index (χ0) is 14.9. The van der Waals surface area contributed by atoms with Gasteiger partial charge in [0.2, 0.25) is 9.84 Å². The molecule has 5 heteroatoms. The van der Waals surface area contributed by atoms with Gasteiger partial charge in [-0.1, -0.05) is 30.3 Å². The molecule has 1 aromatic heterocycles. The van der Waals surface area contributed by atoms with E-state index in [-0.39, 0.29) is 15.7 Å². The molecule has 1 aliphatic carbocycles. The van der Waals surface area contributed by atoms with Crippen molar-refractivity contribution in [2.45, 2.75) is 29.8 Å². The predicted molar refractivity (Wildman–Crippen MR) is 84.0 cm³/mol. The Balaban J connectivity index is 2.03. The number of rotatable bonds is 3. The monoisotopic (exact) mass is 320 g/mol. The molecule has 110 valence electrons. The topological polar surface area (TPSA) is 54.4 Å². The lowest BCUT2D eigenvalue weighted by Gasteiger charge is -2.24. The first-order chi connectivity index (χ1) is 10.1. The van der Waals surface area contributed by atoms with Crippen LogP contribution in [0.2, 0.25) is 0 Å². The van der Waals surface area contributed by atoms with Crippen molar-refractivity contribution in [2.75, 3.05) is 0 Å². The Morgan fingerprint density at radius 3 is 2.48 bits per heavy atom. The molecule has 3 rings (SSSR count). The molecule has 0 spiro atoms. The summed E-state index contributed by atoms with van der Waals surface area (Å²) < 4.78 is 25.4. The van der Waals surface area contributed by atoms with E-state index in [2.05, 4.69) is 0 Å². The summed E-state index contributed by atoms with van der Waals surface area (Å²) in [7, 11) is -3.62. The zero-order valence-electron chi connectivity index (χ0n) is 11.3. The summed E-state index contributed by atoms with van der Waals surface area (Å²) in [5.41, 5.74) is 0. The van der Waals surface area contributed by atoms with Gasteiger partial charge in [-0.15, -0.1) is 11.3 Å². The Hall–Kier alpha value is -1.43. The van der Waals surface area contributed by atoms with Crippen LogP contribution in [0.1, 0.15) is 23.6 Å². The van der Waals surface area contributed by atoms with Crippen LogP contribution in [0.15, 0.2) is 63.7 Å². The Bertz CT molecular complexity index is 731. The maximum atomic E-state index is 12.7. The van der Waals surface area contributed by atoms with E-state index in [0.29, 0.717) is 6.42 Å². The minimum Gasteiger partial charge on any atom is -0.388 e. The van der Waals surface area contributed by atoms with Crippen LogP contribution in [0, 0.1) is 0 Å². The largest absolute Gasteiger partial charge is 0.388 e. The summed E-state index contributed by atoms with van der Waals surface area (Å²) in [5, 5.41) is 12.1. The summed E-state index contributed by atoms with van der Waals surface area (Å²) in [5.74, 6) is 0.0712. The quantitative estimate of drug-likeness (QED) is 0.943. The van der Waals surface area contributed by atoms with Crippen LogP contribution in [0.3, 0.4) is 0 Å². The van der Waals surface area contributed by atoms with E-state index in [9.17, 15) is 13.5 Å². The van der Waals surface area contributed by atoms with Crippen molar-refractivity contribution >= 4 is 21.2 Å². The van der Waals surface area contributed by atoms with E-state index in [1.165, 1.54) is 0 Å². The molecule has 2 aromatic rings. The summed E-state index contributed by atoms with van der Waals surface area (Å²) >= 11 is 1.62. The van der Waals surface area contributed by atoms with Crippen molar-refractivity contribution in [3.8, 4) is 0 Å². The number of sulfone groups is 1. The van der Waals surface area contributed by atoms with Crippen molar-refractivity contribution in [3.63, 3.8) is 0 Å². The molecule has 0 saturated carbocycles. The van der Waals surface area contributed by atoms with Crippen molar-refractivity contribution in [2.24, 2.45) is 0 Å². The minimum absolute atomic E-state index is 0.0712. The van der Waals surface area contributed by atoms with E-state index in [1.807, 2.05) is 17.5 Å². The summed E-state index contributed by atoms with van der Waals surface area (Å²) in [6, 6.07) is 12.3. The number of hydrogen-bond donors (Lipinski definition) is 1. The van der Waals surface area contributed by atoms with Gasteiger partial charge in [-0.3, -0.25) is 0 Å². The van der Waals surface area contributed by atoms with Crippen LogP contribution in [-0.2, 0) is 9.84 Å².